The standard InChI is InChI=1S/C12H17N3O2/c1-15(8-11(14)16)12(17)10-4-2-3-9(7-10)5-6-13/h2-4,7H,5-6,8,13H2,1H3,(H2,14,16). The SMILES string of the molecule is CN(CC(N)=O)C(=O)c1cccc(CCN)c1. The molecule has 5 nitrogen and oxygen atoms in total. The summed E-state index contributed by atoms with van der Waals surface area (Å²) in [4.78, 5) is 23.9. The van der Waals surface area contributed by atoms with E-state index in [9.17, 15) is 9.59 Å². The highest BCUT2D eigenvalue weighted by molar-refractivity contribution is 5.96. The number of primary amides is 1. The first-order chi connectivity index (χ1) is 8.04. The van der Waals surface area contributed by atoms with E-state index >= 15 is 0 Å². The molecule has 17 heavy (non-hydrogen) atoms. The van der Waals surface area contributed by atoms with Crippen LogP contribution in [0, 0.1) is 0 Å². The lowest BCUT2D eigenvalue weighted by Crippen LogP contribution is -2.35. The zero-order valence-corrected chi connectivity index (χ0v) is 9.85. The van der Waals surface area contributed by atoms with E-state index in [2.05, 4.69) is 0 Å². The summed E-state index contributed by atoms with van der Waals surface area (Å²) in [5.74, 6) is -0.748. The van der Waals surface area contributed by atoms with E-state index in [-0.39, 0.29) is 12.5 Å². The van der Waals surface area contributed by atoms with Crippen LogP contribution in [0.2, 0.25) is 0 Å². The zero-order chi connectivity index (χ0) is 12.8. The van der Waals surface area contributed by atoms with Crippen LogP contribution in [0.25, 0.3) is 0 Å². The Morgan fingerprint density at radius 2 is 2.06 bits per heavy atom. The molecule has 0 aliphatic heterocycles. The van der Waals surface area contributed by atoms with Crippen molar-refractivity contribution in [2.75, 3.05) is 20.1 Å². The second kappa shape index (κ2) is 6.00. The van der Waals surface area contributed by atoms with Gasteiger partial charge in [0, 0.05) is 12.6 Å². The topological polar surface area (TPSA) is 89.4 Å². The number of amides is 2. The van der Waals surface area contributed by atoms with E-state index in [0.29, 0.717) is 12.1 Å². The molecule has 0 aromatic heterocycles. The highest BCUT2D eigenvalue weighted by Crippen LogP contribution is 2.08. The van der Waals surface area contributed by atoms with Crippen molar-refractivity contribution in [3.63, 3.8) is 0 Å². The van der Waals surface area contributed by atoms with Gasteiger partial charge in [-0.2, -0.15) is 0 Å². The van der Waals surface area contributed by atoms with Crippen molar-refractivity contribution in [1.82, 2.24) is 4.90 Å². The molecular formula is C12H17N3O2. The normalized spacial score (nSPS) is 10.0. The van der Waals surface area contributed by atoms with E-state index < -0.39 is 5.91 Å². The lowest BCUT2D eigenvalue weighted by atomic mass is 10.1. The molecule has 0 heterocycles. The number of hydrogen-bond donors (Lipinski definition) is 2. The van der Waals surface area contributed by atoms with Crippen molar-refractivity contribution >= 4 is 11.8 Å². The Hall–Kier alpha value is -1.88. The number of likely N-dealkylation sites (N-methyl/N-ethyl adjacent to an activating group) is 1. The van der Waals surface area contributed by atoms with Gasteiger partial charge >= 0.3 is 0 Å². The minimum absolute atomic E-state index is 0.0834. The predicted octanol–water partition coefficient (Wildman–Crippen LogP) is -0.255. The third-order valence-corrected chi connectivity index (χ3v) is 2.35. The smallest absolute Gasteiger partial charge is 0.254 e. The molecule has 0 spiro atoms. The quantitative estimate of drug-likeness (QED) is 0.737. The highest BCUT2D eigenvalue weighted by atomic mass is 16.2. The molecule has 92 valence electrons. The van der Waals surface area contributed by atoms with Gasteiger partial charge in [-0.3, -0.25) is 9.59 Å². The summed E-state index contributed by atoms with van der Waals surface area (Å²) in [5.41, 5.74) is 12.0. The maximum Gasteiger partial charge on any atom is 0.254 e. The second-order valence-corrected chi connectivity index (χ2v) is 3.87. The van der Waals surface area contributed by atoms with Gasteiger partial charge in [0.1, 0.15) is 0 Å². The van der Waals surface area contributed by atoms with Gasteiger partial charge in [-0.15, -0.1) is 0 Å². The number of nitrogens with zero attached hydrogens (tertiary/aromatic N) is 1. The summed E-state index contributed by atoms with van der Waals surface area (Å²) < 4.78 is 0. The first-order valence-electron chi connectivity index (χ1n) is 5.37. The Kier molecular flexibility index (Phi) is 4.66. The molecule has 0 saturated carbocycles. The van der Waals surface area contributed by atoms with Crippen LogP contribution in [0.15, 0.2) is 24.3 Å². The van der Waals surface area contributed by atoms with Crippen LogP contribution in [0.4, 0.5) is 0 Å². The molecule has 0 aliphatic carbocycles. The third kappa shape index (κ3) is 3.88. The number of rotatable bonds is 5. The Morgan fingerprint density at radius 3 is 2.65 bits per heavy atom. The number of benzene rings is 1. The first-order valence-corrected chi connectivity index (χ1v) is 5.37. The van der Waals surface area contributed by atoms with Crippen molar-refractivity contribution in [2.24, 2.45) is 11.5 Å². The molecule has 0 fully saturated rings. The number of carbonyl (C=O) groups is 2. The monoisotopic (exact) mass is 235 g/mol. The summed E-state index contributed by atoms with van der Waals surface area (Å²) in [7, 11) is 1.54. The average molecular weight is 235 g/mol. The van der Waals surface area contributed by atoms with Crippen molar-refractivity contribution in [2.45, 2.75) is 6.42 Å². The van der Waals surface area contributed by atoms with Gasteiger partial charge in [-0.05, 0) is 30.7 Å². The molecule has 1 aromatic rings. The van der Waals surface area contributed by atoms with E-state index in [1.54, 1.807) is 25.2 Å². The summed E-state index contributed by atoms with van der Waals surface area (Å²) in [6.07, 6.45) is 0.723. The number of carbonyl (C=O) groups excluding carboxylic acids is 2. The van der Waals surface area contributed by atoms with Crippen LogP contribution < -0.4 is 11.5 Å². The Bertz CT molecular complexity index is 418. The van der Waals surface area contributed by atoms with Crippen molar-refractivity contribution in [1.29, 1.82) is 0 Å². The van der Waals surface area contributed by atoms with E-state index in [1.165, 1.54) is 4.90 Å². The molecule has 0 unspecified atom stereocenters. The van der Waals surface area contributed by atoms with Crippen LogP contribution in [0.5, 0.6) is 0 Å². The Balaban J connectivity index is 2.81. The number of hydrogen-bond acceptors (Lipinski definition) is 3. The molecule has 4 N–H and O–H groups in total. The molecule has 0 saturated heterocycles. The molecule has 1 rings (SSSR count). The average Bonchev–Trinajstić information content (AvgIpc) is 2.28. The van der Waals surface area contributed by atoms with Crippen molar-refractivity contribution in [3.8, 4) is 0 Å². The van der Waals surface area contributed by atoms with Gasteiger partial charge in [-0.25, -0.2) is 0 Å². The van der Waals surface area contributed by atoms with Gasteiger partial charge < -0.3 is 16.4 Å². The Labute approximate surface area is 100 Å². The maximum atomic E-state index is 11.9. The maximum absolute atomic E-state index is 11.9. The van der Waals surface area contributed by atoms with Crippen LogP contribution in [-0.4, -0.2) is 36.9 Å². The summed E-state index contributed by atoms with van der Waals surface area (Å²) >= 11 is 0. The highest BCUT2D eigenvalue weighted by Gasteiger charge is 2.13. The van der Waals surface area contributed by atoms with Gasteiger partial charge in [-0.1, -0.05) is 12.1 Å². The van der Waals surface area contributed by atoms with Gasteiger partial charge in [0.25, 0.3) is 5.91 Å². The zero-order valence-electron chi connectivity index (χ0n) is 9.85. The molecule has 0 aliphatic rings. The van der Waals surface area contributed by atoms with E-state index in [0.717, 1.165) is 12.0 Å². The minimum Gasteiger partial charge on any atom is -0.368 e. The third-order valence-electron chi connectivity index (χ3n) is 2.35. The minimum atomic E-state index is -0.529. The van der Waals surface area contributed by atoms with Crippen molar-refractivity contribution < 1.29 is 9.59 Å². The molecule has 1 aromatic carbocycles. The fourth-order valence-corrected chi connectivity index (χ4v) is 1.55. The van der Waals surface area contributed by atoms with Crippen LogP contribution in [-0.2, 0) is 11.2 Å². The summed E-state index contributed by atoms with van der Waals surface area (Å²) in [6.45, 7) is 0.453. The molecule has 0 bridgehead atoms. The van der Waals surface area contributed by atoms with E-state index in [4.69, 9.17) is 11.5 Å². The number of nitrogens with two attached hydrogens (primary N) is 2. The van der Waals surface area contributed by atoms with Crippen molar-refractivity contribution in [3.05, 3.63) is 35.4 Å². The van der Waals surface area contributed by atoms with Gasteiger partial charge in [0.15, 0.2) is 0 Å². The summed E-state index contributed by atoms with van der Waals surface area (Å²) in [6, 6.07) is 7.21. The second-order valence-electron chi connectivity index (χ2n) is 3.87. The summed E-state index contributed by atoms with van der Waals surface area (Å²) in [5, 5.41) is 0. The molecule has 0 radical (unpaired) electrons. The predicted molar refractivity (Wildman–Crippen MR) is 65.4 cm³/mol. The van der Waals surface area contributed by atoms with Crippen LogP contribution in [0.3, 0.4) is 0 Å². The fraction of sp³-hybridized carbons (Fsp3) is 0.333. The van der Waals surface area contributed by atoms with Crippen LogP contribution >= 0.6 is 0 Å². The lowest BCUT2D eigenvalue weighted by Gasteiger charge is -2.15. The first kappa shape index (κ1) is 13.2. The lowest BCUT2D eigenvalue weighted by molar-refractivity contribution is -0.118. The fourth-order valence-electron chi connectivity index (χ4n) is 1.55. The molecule has 0 atom stereocenters. The largest absolute Gasteiger partial charge is 0.368 e. The van der Waals surface area contributed by atoms with Gasteiger partial charge in [0.2, 0.25) is 5.91 Å². The molecule has 5 heteroatoms. The Morgan fingerprint density at radius 1 is 1.35 bits per heavy atom. The molecule has 2 amide bonds. The van der Waals surface area contributed by atoms with Gasteiger partial charge in [0.05, 0.1) is 6.54 Å². The van der Waals surface area contributed by atoms with E-state index in [1.807, 2.05) is 6.07 Å². The molecular weight excluding hydrogens is 218 g/mol. The van der Waals surface area contributed by atoms with Crippen LogP contribution in [0.1, 0.15) is 15.9 Å².